The lowest BCUT2D eigenvalue weighted by atomic mass is 10.0. The minimum atomic E-state index is 0.494. The Balaban J connectivity index is 2.14. The molecule has 0 saturated carbocycles. The quantitative estimate of drug-likeness (QED) is 0.772. The Hall–Kier alpha value is -1.60. The van der Waals surface area contributed by atoms with Crippen LogP contribution in [0.4, 0.5) is 5.82 Å². The van der Waals surface area contributed by atoms with Crippen LogP contribution >= 0.6 is 0 Å². The average Bonchev–Trinajstić information content (AvgIpc) is 2.39. The molecule has 0 unspecified atom stereocenters. The highest BCUT2D eigenvalue weighted by Crippen LogP contribution is 2.22. The number of hydrogen-bond acceptors (Lipinski definition) is 4. The molecular formula is C13H18N4. The largest absolute Gasteiger partial charge is 0.356 e. The molecule has 4 nitrogen and oxygen atoms in total. The van der Waals surface area contributed by atoms with Crippen molar-refractivity contribution in [2.75, 3.05) is 32.1 Å². The second-order valence-electron chi connectivity index (χ2n) is 4.63. The summed E-state index contributed by atoms with van der Waals surface area (Å²) in [6.07, 6.45) is 4.02. The van der Waals surface area contributed by atoms with Crippen LogP contribution in [-0.2, 0) is 0 Å². The number of anilines is 1. The maximum absolute atomic E-state index is 9.08. The number of aromatic nitrogens is 1. The van der Waals surface area contributed by atoms with Gasteiger partial charge in [0.15, 0.2) is 0 Å². The van der Waals surface area contributed by atoms with Crippen LogP contribution in [0.3, 0.4) is 0 Å². The van der Waals surface area contributed by atoms with E-state index in [1.807, 2.05) is 19.2 Å². The minimum Gasteiger partial charge on any atom is -0.356 e. The number of nitrogens with zero attached hydrogens (tertiary/aromatic N) is 4. The Labute approximate surface area is 102 Å². The third kappa shape index (κ3) is 2.56. The fourth-order valence-electron chi connectivity index (χ4n) is 2.32. The highest BCUT2D eigenvalue weighted by Gasteiger charge is 2.22. The average molecular weight is 230 g/mol. The van der Waals surface area contributed by atoms with Crippen molar-refractivity contribution < 1.29 is 0 Å². The van der Waals surface area contributed by atoms with E-state index >= 15 is 0 Å². The molecule has 90 valence electrons. The summed E-state index contributed by atoms with van der Waals surface area (Å²) in [7, 11) is 4.19. The lowest BCUT2D eigenvalue weighted by Crippen LogP contribution is -2.42. The normalized spacial score (nSPS) is 17.7. The van der Waals surface area contributed by atoms with Crippen LogP contribution in [0.1, 0.15) is 18.4 Å². The first kappa shape index (κ1) is 11.9. The van der Waals surface area contributed by atoms with Crippen molar-refractivity contribution in [1.29, 1.82) is 5.26 Å². The zero-order valence-corrected chi connectivity index (χ0v) is 10.4. The minimum absolute atomic E-state index is 0.494. The third-order valence-electron chi connectivity index (χ3n) is 3.48. The topological polar surface area (TPSA) is 43.2 Å². The standard InChI is InChI=1S/C13H18N4/c1-16-8-5-12(6-9-16)17(2)13-11(10-14)4-3-7-15-13/h3-4,7,12H,5-6,8-9H2,1-2H3. The maximum atomic E-state index is 9.08. The van der Waals surface area contributed by atoms with Gasteiger partial charge in [0.25, 0.3) is 0 Å². The van der Waals surface area contributed by atoms with Crippen molar-refractivity contribution in [2.24, 2.45) is 0 Å². The summed E-state index contributed by atoms with van der Waals surface area (Å²) in [5, 5.41) is 9.08. The molecule has 1 fully saturated rings. The Morgan fingerprint density at radius 3 is 2.82 bits per heavy atom. The van der Waals surface area contributed by atoms with Gasteiger partial charge in [0, 0.05) is 19.3 Å². The van der Waals surface area contributed by atoms with Gasteiger partial charge in [-0.25, -0.2) is 4.98 Å². The number of likely N-dealkylation sites (tertiary alicyclic amines) is 1. The fraction of sp³-hybridized carbons (Fsp3) is 0.538. The van der Waals surface area contributed by atoms with Gasteiger partial charge in [-0.05, 0) is 45.1 Å². The summed E-state index contributed by atoms with van der Waals surface area (Å²) in [5.41, 5.74) is 0.661. The van der Waals surface area contributed by atoms with Gasteiger partial charge in [-0.1, -0.05) is 0 Å². The number of rotatable bonds is 2. The second kappa shape index (κ2) is 5.15. The highest BCUT2D eigenvalue weighted by molar-refractivity contribution is 5.53. The van der Waals surface area contributed by atoms with E-state index in [9.17, 15) is 0 Å². The summed E-state index contributed by atoms with van der Waals surface area (Å²) in [4.78, 5) is 8.83. The molecule has 1 aliphatic rings. The summed E-state index contributed by atoms with van der Waals surface area (Å²) in [6.45, 7) is 2.23. The lowest BCUT2D eigenvalue weighted by Gasteiger charge is -2.35. The van der Waals surface area contributed by atoms with Crippen LogP contribution in [0.2, 0.25) is 0 Å². The lowest BCUT2D eigenvalue weighted by molar-refractivity contribution is 0.252. The summed E-state index contributed by atoms with van der Waals surface area (Å²) >= 11 is 0. The molecule has 1 aliphatic heterocycles. The number of hydrogen-bond donors (Lipinski definition) is 0. The molecule has 2 rings (SSSR count). The van der Waals surface area contributed by atoms with Crippen LogP contribution in [0.5, 0.6) is 0 Å². The first-order valence-electron chi connectivity index (χ1n) is 5.99. The SMILES string of the molecule is CN1CCC(N(C)c2ncccc2C#N)CC1. The maximum Gasteiger partial charge on any atom is 0.146 e. The molecule has 0 atom stereocenters. The Morgan fingerprint density at radius 2 is 2.18 bits per heavy atom. The first-order valence-corrected chi connectivity index (χ1v) is 5.99. The number of nitriles is 1. The Bertz CT molecular complexity index is 416. The molecule has 0 aliphatic carbocycles. The van der Waals surface area contributed by atoms with E-state index in [2.05, 4.69) is 27.9 Å². The van der Waals surface area contributed by atoms with Crippen molar-refractivity contribution >= 4 is 5.82 Å². The van der Waals surface area contributed by atoms with Crippen LogP contribution < -0.4 is 4.90 Å². The zero-order chi connectivity index (χ0) is 12.3. The van der Waals surface area contributed by atoms with Gasteiger partial charge < -0.3 is 9.80 Å². The van der Waals surface area contributed by atoms with Gasteiger partial charge >= 0.3 is 0 Å². The van der Waals surface area contributed by atoms with E-state index in [4.69, 9.17) is 5.26 Å². The molecule has 0 radical (unpaired) electrons. The molecule has 0 spiro atoms. The predicted molar refractivity (Wildman–Crippen MR) is 67.9 cm³/mol. The van der Waals surface area contributed by atoms with Crippen LogP contribution in [0, 0.1) is 11.3 Å². The van der Waals surface area contributed by atoms with Crippen LogP contribution in [-0.4, -0.2) is 43.1 Å². The predicted octanol–water partition coefficient (Wildman–Crippen LogP) is 1.48. The van der Waals surface area contributed by atoms with Gasteiger partial charge in [0.2, 0.25) is 0 Å². The van der Waals surface area contributed by atoms with Gasteiger partial charge in [-0.15, -0.1) is 0 Å². The van der Waals surface area contributed by atoms with E-state index in [0.717, 1.165) is 31.7 Å². The fourth-order valence-corrected chi connectivity index (χ4v) is 2.32. The van der Waals surface area contributed by atoms with Crippen molar-refractivity contribution in [3.8, 4) is 6.07 Å². The molecule has 0 aromatic carbocycles. The molecule has 0 N–H and O–H groups in total. The van der Waals surface area contributed by atoms with Gasteiger partial charge in [-0.3, -0.25) is 0 Å². The molecule has 0 bridgehead atoms. The Kier molecular flexibility index (Phi) is 3.60. The summed E-state index contributed by atoms with van der Waals surface area (Å²) < 4.78 is 0. The van der Waals surface area contributed by atoms with Gasteiger partial charge in [-0.2, -0.15) is 5.26 Å². The Morgan fingerprint density at radius 1 is 1.47 bits per heavy atom. The van der Waals surface area contributed by atoms with E-state index in [-0.39, 0.29) is 0 Å². The molecule has 1 saturated heterocycles. The monoisotopic (exact) mass is 230 g/mol. The number of pyridine rings is 1. The van der Waals surface area contributed by atoms with Crippen LogP contribution in [0.25, 0.3) is 0 Å². The molecule has 0 amide bonds. The van der Waals surface area contributed by atoms with E-state index < -0.39 is 0 Å². The van der Waals surface area contributed by atoms with E-state index in [1.54, 1.807) is 6.20 Å². The zero-order valence-electron chi connectivity index (χ0n) is 10.4. The summed E-state index contributed by atoms with van der Waals surface area (Å²) in [5.74, 6) is 0.810. The first-order chi connectivity index (χ1) is 8.22. The van der Waals surface area contributed by atoms with Crippen molar-refractivity contribution in [3.63, 3.8) is 0 Å². The van der Waals surface area contributed by atoms with Gasteiger partial charge in [0.1, 0.15) is 11.9 Å². The summed E-state index contributed by atoms with van der Waals surface area (Å²) in [6, 6.07) is 6.34. The molecular weight excluding hydrogens is 212 g/mol. The molecule has 1 aromatic heterocycles. The molecule has 1 aromatic rings. The van der Waals surface area contributed by atoms with Gasteiger partial charge in [0.05, 0.1) is 5.56 Å². The van der Waals surface area contributed by atoms with Crippen molar-refractivity contribution in [2.45, 2.75) is 18.9 Å². The number of piperidine rings is 1. The van der Waals surface area contributed by atoms with E-state index in [0.29, 0.717) is 11.6 Å². The van der Waals surface area contributed by atoms with E-state index in [1.165, 1.54) is 0 Å². The van der Waals surface area contributed by atoms with Crippen LogP contribution in [0.15, 0.2) is 18.3 Å². The molecule has 4 heteroatoms. The second-order valence-corrected chi connectivity index (χ2v) is 4.63. The smallest absolute Gasteiger partial charge is 0.146 e. The molecule has 2 heterocycles. The molecule has 17 heavy (non-hydrogen) atoms. The highest BCUT2D eigenvalue weighted by atomic mass is 15.2. The third-order valence-corrected chi connectivity index (χ3v) is 3.48. The van der Waals surface area contributed by atoms with Crippen molar-refractivity contribution in [1.82, 2.24) is 9.88 Å². The van der Waals surface area contributed by atoms with Crippen molar-refractivity contribution in [3.05, 3.63) is 23.9 Å².